The molecule has 1 saturated heterocycles. The zero-order valence-electron chi connectivity index (χ0n) is 19.1. The van der Waals surface area contributed by atoms with E-state index < -0.39 is 72.8 Å². The zero-order chi connectivity index (χ0) is 26.2. The minimum atomic E-state index is -2.79. The Kier molecular flexibility index (Phi) is 10.6. The van der Waals surface area contributed by atoms with Crippen molar-refractivity contribution in [2.45, 2.75) is 71.4 Å². The molecule has 0 unspecified atom stereocenters. The van der Waals surface area contributed by atoms with E-state index in [2.05, 4.69) is 22.5 Å². The minimum absolute atomic E-state index is 0.162. The van der Waals surface area contributed by atoms with Crippen LogP contribution in [0.15, 0.2) is 11.1 Å². The second-order valence-electron chi connectivity index (χ2n) is 6.86. The number of rotatable bonds is 9. The van der Waals surface area contributed by atoms with Crippen LogP contribution in [0.2, 0.25) is 0 Å². The molecular formula is C20H25BrO13. The second kappa shape index (κ2) is 12.5. The average Bonchev–Trinajstić information content (AvgIpc) is 2.69. The molecule has 0 aromatic rings. The maximum Gasteiger partial charge on any atom is 0.420 e. The smallest absolute Gasteiger partial charge is 0.420 e. The molecule has 0 saturated carbocycles. The first kappa shape index (κ1) is 29.0. The summed E-state index contributed by atoms with van der Waals surface area (Å²) in [7, 11) is 0. The Morgan fingerprint density at radius 1 is 0.853 bits per heavy atom. The van der Waals surface area contributed by atoms with Gasteiger partial charge in [0.1, 0.15) is 12.7 Å². The molecule has 0 bridgehead atoms. The number of esters is 6. The van der Waals surface area contributed by atoms with E-state index in [1.165, 1.54) is 6.92 Å². The number of halogens is 1. The topological polar surface area (TPSA) is 167 Å². The lowest BCUT2D eigenvalue weighted by atomic mass is 9.96. The number of hydrogen-bond donors (Lipinski definition) is 0. The Morgan fingerprint density at radius 2 is 1.38 bits per heavy atom. The van der Waals surface area contributed by atoms with E-state index in [9.17, 15) is 28.8 Å². The van der Waals surface area contributed by atoms with E-state index in [0.717, 1.165) is 27.7 Å². The predicted molar refractivity (Wildman–Crippen MR) is 111 cm³/mol. The van der Waals surface area contributed by atoms with E-state index >= 15 is 0 Å². The highest BCUT2D eigenvalue weighted by Gasteiger charge is 2.65. The largest absolute Gasteiger partial charge is 0.459 e. The number of carbonyl (C=O) groups excluding carboxylic acids is 6. The van der Waals surface area contributed by atoms with E-state index in [0.29, 0.717) is 0 Å². The summed E-state index contributed by atoms with van der Waals surface area (Å²) in [6.07, 6.45) is -6.99. The van der Waals surface area contributed by atoms with Gasteiger partial charge in [-0.1, -0.05) is 13.5 Å². The monoisotopic (exact) mass is 552 g/mol. The Hall–Kier alpha value is -3.00. The third-order valence-corrected chi connectivity index (χ3v) is 4.30. The fraction of sp³-hybridized carbons (Fsp3) is 0.600. The maximum absolute atomic E-state index is 12.2. The molecule has 5 atom stereocenters. The summed E-state index contributed by atoms with van der Waals surface area (Å²) in [5, 5.41) is 0. The van der Waals surface area contributed by atoms with Crippen LogP contribution in [0.4, 0.5) is 0 Å². The fourth-order valence-corrected chi connectivity index (χ4v) is 3.00. The molecule has 190 valence electrons. The summed E-state index contributed by atoms with van der Waals surface area (Å²) in [6, 6.07) is 0. The Morgan fingerprint density at radius 3 is 1.82 bits per heavy atom. The molecule has 0 N–H and O–H groups in total. The van der Waals surface area contributed by atoms with E-state index in [1.54, 1.807) is 0 Å². The molecule has 0 aliphatic carbocycles. The van der Waals surface area contributed by atoms with Crippen molar-refractivity contribution in [3.63, 3.8) is 0 Å². The quantitative estimate of drug-likeness (QED) is 0.170. The maximum atomic E-state index is 12.2. The van der Waals surface area contributed by atoms with Gasteiger partial charge in [-0.3, -0.25) is 28.7 Å². The van der Waals surface area contributed by atoms with Crippen LogP contribution in [0.25, 0.3) is 0 Å². The van der Waals surface area contributed by atoms with Crippen molar-refractivity contribution in [1.29, 1.82) is 0 Å². The summed E-state index contributed by atoms with van der Waals surface area (Å²) >= 11 is 2.84. The Bertz CT molecular complexity index is 853. The van der Waals surface area contributed by atoms with Crippen LogP contribution in [0, 0.1) is 0 Å². The fourth-order valence-electron chi connectivity index (χ4n) is 2.88. The molecule has 0 aromatic carbocycles. The predicted octanol–water partition coefficient (Wildman–Crippen LogP) is 0.802. The summed E-state index contributed by atoms with van der Waals surface area (Å²) in [5.41, 5.74) is 0. The molecular weight excluding hydrogens is 528 g/mol. The van der Waals surface area contributed by atoms with Gasteiger partial charge in [0, 0.05) is 34.1 Å². The zero-order valence-corrected chi connectivity index (χ0v) is 20.7. The molecule has 0 aromatic heterocycles. The first-order chi connectivity index (χ1) is 15.7. The third kappa shape index (κ3) is 8.09. The molecule has 34 heavy (non-hydrogen) atoms. The lowest BCUT2D eigenvalue weighted by Crippen LogP contribution is -2.70. The normalized spacial score (nSPS) is 25.8. The Balaban J connectivity index is 3.70. The first-order valence-electron chi connectivity index (χ1n) is 9.84. The SMILES string of the molecule is C=C(Br)C(=O)OC[C@H]1O[C@](OC(C)=O)(OC(=O)CC)[C@@H](OC(C)=O)[C@@H](OC(C)=O)[C@@H]1OC(C)=O. The van der Waals surface area contributed by atoms with Gasteiger partial charge in [-0.05, 0) is 15.9 Å². The molecule has 14 heteroatoms. The second-order valence-corrected chi connectivity index (χ2v) is 7.82. The number of hydrogen-bond acceptors (Lipinski definition) is 13. The molecule has 0 amide bonds. The molecule has 1 aliphatic heterocycles. The molecule has 1 fully saturated rings. The van der Waals surface area contributed by atoms with Gasteiger partial charge in [-0.2, -0.15) is 0 Å². The van der Waals surface area contributed by atoms with Crippen molar-refractivity contribution in [2.24, 2.45) is 0 Å². The van der Waals surface area contributed by atoms with Gasteiger partial charge >= 0.3 is 41.8 Å². The highest BCUT2D eigenvalue weighted by Crippen LogP contribution is 2.38. The first-order valence-corrected chi connectivity index (χ1v) is 10.6. The summed E-state index contributed by atoms with van der Waals surface area (Å²) < 4.78 is 36.5. The molecule has 1 aliphatic rings. The van der Waals surface area contributed by atoms with Crippen molar-refractivity contribution in [2.75, 3.05) is 6.61 Å². The van der Waals surface area contributed by atoms with Gasteiger partial charge < -0.3 is 28.4 Å². The van der Waals surface area contributed by atoms with Crippen LogP contribution in [0.5, 0.6) is 0 Å². The van der Waals surface area contributed by atoms with E-state index in [1.807, 2.05) is 0 Å². The van der Waals surface area contributed by atoms with Gasteiger partial charge in [-0.15, -0.1) is 0 Å². The summed E-state index contributed by atoms with van der Waals surface area (Å²) in [6.45, 7) is 8.03. The number of carbonyl (C=O) groups is 6. The average molecular weight is 553 g/mol. The Labute approximate surface area is 203 Å². The number of ether oxygens (including phenoxy) is 7. The van der Waals surface area contributed by atoms with Crippen molar-refractivity contribution < 1.29 is 61.9 Å². The van der Waals surface area contributed by atoms with E-state index in [-0.39, 0.29) is 10.9 Å². The van der Waals surface area contributed by atoms with Gasteiger partial charge in [0.25, 0.3) is 0 Å². The van der Waals surface area contributed by atoms with Gasteiger partial charge in [-0.25, -0.2) is 4.79 Å². The third-order valence-electron chi connectivity index (χ3n) is 3.98. The molecule has 1 rings (SSSR count). The van der Waals surface area contributed by atoms with Crippen LogP contribution in [0.3, 0.4) is 0 Å². The molecule has 0 spiro atoms. The van der Waals surface area contributed by atoms with Crippen molar-refractivity contribution >= 4 is 51.7 Å². The van der Waals surface area contributed by atoms with Crippen molar-refractivity contribution in [3.8, 4) is 0 Å². The van der Waals surface area contributed by atoms with Crippen LogP contribution in [0.1, 0.15) is 41.0 Å². The van der Waals surface area contributed by atoms with Gasteiger partial charge in [0.2, 0.25) is 6.10 Å². The van der Waals surface area contributed by atoms with Crippen LogP contribution in [-0.4, -0.2) is 72.8 Å². The van der Waals surface area contributed by atoms with Crippen LogP contribution < -0.4 is 0 Å². The van der Waals surface area contributed by atoms with Crippen LogP contribution in [-0.2, 0) is 61.9 Å². The lowest BCUT2D eigenvalue weighted by molar-refractivity contribution is -0.432. The molecule has 0 radical (unpaired) electrons. The van der Waals surface area contributed by atoms with Gasteiger partial charge in [0.05, 0.1) is 4.48 Å². The van der Waals surface area contributed by atoms with Crippen molar-refractivity contribution in [1.82, 2.24) is 0 Å². The summed E-state index contributed by atoms with van der Waals surface area (Å²) in [4.78, 5) is 71.6. The lowest BCUT2D eigenvalue weighted by Gasteiger charge is -2.48. The van der Waals surface area contributed by atoms with Crippen molar-refractivity contribution in [3.05, 3.63) is 11.1 Å². The summed E-state index contributed by atoms with van der Waals surface area (Å²) in [5.74, 6) is -8.50. The molecule has 13 nitrogen and oxygen atoms in total. The van der Waals surface area contributed by atoms with E-state index in [4.69, 9.17) is 33.2 Å². The minimum Gasteiger partial charge on any atom is -0.459 e. The standard InChI is InChI=1S/C20H25BrO13/c1-7-15(26)34-20(32-13(6)25)18(31-12(5)24)17(30-11(4)23)16(29-10(3)22)14(33-20)8-28-19(27)9(2)21/h14,16-18H,2,7-8H2,1,3-6H3/t14-,16-,17+,18+,20+/m1/s1. The highest BCUT2D eigenvalue weighted by atomic mass is 79.9. The van der Waals surface area contributed by atoms with Gasteiger partial charge in [0.15, 0.2) is 12.2 Å². The highest BCUT2D eigenvalue weighted by molar-refractivity contribution is 9.12. The molecule has 1 heterocycles. The van der Waals surface area contributed by atoms with Crippen LogP contribution >= 0.6 is 15.9 Å².